The first kappa shape index (κ1) is 14.0. The normalized spacial score (nSPS) is 12.5. The molecular formula is C17H18N2OS. The van der Waals surface area contributed by atoms with Crippen LogP contribution in [-0.4, -0.2) is 12.1 Å². The first-order valence-electron chi connectivity index (χ1n) is 7.00. The summed E-state index contributed by atoms with van der Waals surface area (Å²) in [5.74, 6) is 0.857. The number of hydrogen-bond donors (Lipinski definition) is 1. The third-order valence-electron chi connectivity index (χ3n) is 3.52. The lowest BCUT2D eigenvalue weighted by atomic mass is 10.1. The van der Waals surface area contributed by atoms with Crippen molar-refractivity contribution in [2.75, 3.05) is 7.11 Å². The summed E-state index contributed by atoms with van der Waals surface area (Å²) in [4.78, 5) is 4.64. The van der Waals surface area contributed by atoms with Crippen LogP contribution in [0.2, 0.25) is 0 Å². The average molecular weight is 298 g/mol. The molecule has 0 aliphatic carbocycles. The SMILES string of the molecule is COc1ccc2nc(C(N)CCc3ccccc3)sc2c1. The number of hydrogen-bond acceptors (Lipinski definition) is 4. The largest absolute Gasteiger partial charge is 0.497 e. The molecule has 1 aromatic heterocycles. The summed E-state index contributed by atoms with van der Waals surface area (Å²) in [7, 11) is 1.68. The van der Waals surface area contributed by atoms with E-state index >= 15 is 0 Å². The molecule has 0 fully saturated rings. The van der Waals surface area contributed by atoms with Crippen LogP contribution in [0, 0.1) is 0 Å². The van der Waals surface area contributed by atoms with Gasteiger partial charge in [0.2, 0.25) is 0 Å². The van der Waals surface area contributed by atoms with Gasteiger partial charge >= 0.3 is 0 Å². The van der Waals surface area contributed by atoms with E-state index in [1.807, 2.05) is 24.3 Å². The van der Waals surface area contributed by atoms with E-state index in [2.05, 4.69) is 29.2 Å². The first-order chi connectivity index (χ1) is 10.3. The van der Waals surface area contributed by atoms with Gasteiger partial charge in [-0.25, -0.2) is 4.98 Å². The lowest BCUT2D eigenvalue weighted by Crippen LogP contribution is -2.10. The summed E-state index contributed by atoms with van der Waals surface area (Å²) in [6, 6.07) is 16.3. The molecule has 1 unspecified atom stereocenters. The van der Waals surface area contributed by atoms with Crippen LogP contribution < -0.4 is 10.5 Å². The Morgan fingerprint density at radius 1 is 1.19 bits per heavy atom. The van der Waals surface area contributed by atoms with E-state index in [9.17, 15) is 0 Å². The Morgan fingerprint density at radius 2 is 2.00 bits per heavy atom. The van der Waals surface area contributed by atoms with Crippen LogP contribution in [0.3, 0.4) is 0 Å². The van der Waals surface area contributed by atoms with Crippen molar-refractivity contribution in [3.05, 3.63) is 59.1 Å². The maximum absolute atomic E-state index is 6.29. The molecule has 2 N–H and O–H groups in total. The molecule has 0 bridgehead atoms. The van der Waals surface area contributed by atoms with E-state index in [0.717, 1.165) is 33.8 Å². The van der Waals surface area contributed by atoms with Crippen LogP contribution in [0.1, 0.15) is 23.0 Å². The van der Waals surface area contributed by atoms with Crippen molar-refractivity contribution >= 4 is 21.6 Å². The number of rotatable bonds is 5. The fraction of sp³-hybridized carbons (Fsp3) is 0.235. The fourth-order valence-corrected chi connectivity index (χ4v) is 3.33. The minimum absolute atomic E-state index is 0.0198. The first-order valence-corrected chi connectivity index (χ1v) is 7.82. The predicted octanol–water partition coefficient (Wildman–Crippen LogP) is 3.94. The standard InChI is InChI=1S/C17H18N2OS/c1-20-13-8-10-15-16(11-13)21-17(19-15)14(18)9-7-12-5-3-2-4-6-12/h2-6,8,10-11,14H,7,9,18H2,1H3. The van der Waals surface area contributed by atoms with Crippen molar-refractivity contribution in [2.45, 2.75) is 18.9 Å². The van der Waals surface area contributed by atoms with Gasteiger partial charge in [-0.15, -0.1) is 11.3 Å². The van der Waals surface area contributed by atoms with Gasteiger partial charge in [-0.05, 0) is 36.6 Å². The number of nitrogens with two attached hydrogens (primary N) is 1. The van der Waals surface area contributed by atoms with Gasteiger partial charge in [-0.3, -0.25) is 0 Å². The van der Waals surface area contributed by atoms with Gasteiger partial charge in [-0.2, -0.15) is 0 Å². The molecule has 3 nitrogen and oxygen atoms in total. The molecule has 0 amide bonds. The van der Waals surface area contributed by atoms with Crippen molar-refractivity contribution in [1.82, 2.24) is 4.98 Å². The number of methoxy groups -OCH3 is 1. The van der Waals surface area contributed by atoms with Crippen LogP contribution in [-0.2, 0) is 6.42 Å². The molecule has 108 valence electrons. The second-order valence-electron chi connectivity index (χ2n) is 5.02. The quantitative estimate of drug-likeness (QED) is 0.776. The van der Waals surface area contributed by atoms with Crippen LogP contribution in [0.25, 0.3) is 10.2 Å². The molecule has 0 saturated carbocycles. The zero-order valence-corrected chi connectivity index (χ0v) is 12.8. The average Bonchev–Trinajstić information content (AvgIpc) is 2.96. The highest BCUT2D eigenvalue weighted by atomic mass is 32.1. The number of benzene rings is 2. The number of ether oxygens (including phenoxy) is 1. The predicted molar refractivity (Wildman–Crippen MR) is 87.9 cm³/mol. The Labute approximate surface area is 128 Å². The van der Waals surface area contributed by atoms with Gasteiger partial charge in [0, 0.05) is 0 Å². The van der Waals surface area contributed by atoms with Gasteiger partial charge in [0.15, 0.2) is 0 Å². The molecular weight excluding hydrogens is 280 g/mol. The molecule has 0 spiro atoms. The molecule has 0 radical (unpaired) electrons. The lowest BCUT2D eigenvalue weighted by molar-refractivity contribution is 0.415. The van der Waals surface area contributed by atoms with Gasteiger partial charge in [0.25, 0.3) is 0 Å². The zero-order valence-electron chi connectivity index (χ0n) is 12.0. The molecule has 1 heterocycles. The molecule has 2 aromatic carbocycles. The van der Waals surface area contributed by atoms with Crippen LogP contribution in [0.15, 0.2) is 48.5 Å². The lowest BCUT2D eigenvalue weighted by Gasteiger charge is -2.07. The summed E-state index contributed by atoms with van der Waals surface area (Å²) in [6.07, 6.45) is 1.88. The highest BCUT2D eigenvalue weighted by Gasteiger charge is 2.12. The number of aromatic nitrogens is 1. The van der Waals surface area contributed by atoms with E-state index in [0.29, 0.717) is 0 Å². The van der Waals surface area contributed by atoms with E-state index in [1.54, 1.807) is 18.4 Å². The molecule has 21 heavy (non-hydrogen) atoms. The Morgan fingerprint density at radius 3 is 2.76 bits per heavy atom. The third-order valence-corrected chi connectivity index (χ3v) is 4.67. The number of aryl methyl sites for hydroxylation is 1. The van der Waals surface area contributed by atoms with Gasteiger partial charge < -0.3 is 10.5 Å². The number of thiazole rings is 1. The van der Waals surface area contributed by atoms with Crippen molar-refractivity contribution in [3.8, 4) is 5.75 Å². The van der Waals surface area contributed by atoms with Gasteiger partial charge in [0.1, 0.15) is 10.8 Å². The molecule has 1 atom stereocenters. The maximum atomic E-state index is 6.29. The second-order valence-corrected chi connectivity index (χ2v) is 6.08. The minimum atomic E-state index is -0.0198. The van der Waals surface area contributed by atoms with Crippen molar-refractivity contribution in [1.29, 1.82) is 0 Å². The Hall–Kier alpha value is -1.91. The highest BCUT2D eigenvalue weighted by Crippen LogP contribution is 2.30. The monoisotopic (exact) mass is 298 g/mol. The van der Waals surface area contributed by atoms with E-state index in [1.165, 1.54) is 5.56 Å². The van der Waals surface area contributed by atoms with Crippen LogP contribution in [0.4, 0.5) is 0 Å². The minimum Gasteiger partial charge on any atom is -0.497 e. The second kappa shape index (κ2) is 6.24. The van der Waals surface area contributed by atoms with E-state index in [-0.39, 0.29) is 6.04 Å². The molecule has 4 heteroatoms. The summed E-state index contributed by atoms with van der Waals surface area (Å²) < 4.78 is 6.37. The smallest absolute Gasteiger partial charge is 0.120 e. The molecule has 3 rings (SSSR count). The van der Waals surface area contributed by atoms with Gasteiger partial charge in [-0.1, -0.05) is 30.3 Å². The summed E-state index contributed by atoms with van der Waals surface area (Å²) in [5.41, 5.74) is 8.60. The van der Waals surface area contributed by atoms with E-state index < -0.39 is 0 Å². The fourth-order valence-electron chi connectivity index (χ4n) is 2.30. The molecule has 3 aromatic rings. The van der Waals surface area contributed by atoms with Crippen molar-refractivity contribution in [2.24, 2.45) is 5.73 Å². The summed E-state index contributed by atoms with van der Waals surface area (Å²) >= 11 is 1.65. The van der Waals surface area contributed by atoms with Crippen molar-refractivity contribution in [3.63, 3.8) is 0 Å². The summed E-state index contributed by atoms with van der Waals surface area (Å²) in [5, 5.41) is 0.995. The van der Waals surface area contributed by atoms with Crippen LogP contribution in [0.5, 0.6) is 5.75 Å². The zero-order chi connectivity index (χ0) is 14.7. The molecule has 0 saturated heterocycles. The number of nitrogens with zero attached hydrogens (tertiary/aromatic N) is 1. The maximum Gasteiger partial charge on any atom is 0.120 e. The summed E-state index contributed by atoms with van der Waals surface area (Å²) in [6.45, 7) is 0. The van der Waals surface area contributed by atoms with E-state index in [4.69, 9.17) is 10.5 Å². The topological polar surface area (TPSA) is 48.1 Å². The Balaban J connectivity index is 1.73. The highest BCUT2D eigenvalue weighted by molar-refractivity contribution is 7.18. The van der Waals surface area contributed by atoms with Crippen molar-refractivity contribution < 1.29 is 4.74 Å². The Kier molecular flexibility index (Phi) is 4.18. The molecule has 0 aliphatic rings. The van der Waals surface area contributed by atoms with Gasteiger partial charge in [0.05, 0.1) is 23.4 Å². The molecule has 0 aliphatic heterocycles. The van der Waals surface area contributed by atoms with Crippen LogP contribution >= 0.6 is 11.3 Å². The Bertz CT molecular complexity index is 724. The number of fused-ring (bicyclic) bond motifs is 1. The third kappa shape index (κ3) is 3.23.